The molecule has 0 bridgehead atoms. The maximum absolute atomic E-state index is 13.3. The van der Waals surface area contributed by atoms with E-state index < -0.39 is 27.9 Å². The summed E-state index contributed by atoms with van der Waals surface area (Å²) in [6.45, 7) is 8.96. The Morgan fingerprint density at radius 3 is 2.34 bits per heavy atom. The lowest BCUT2D eigenvalue weighted by molar-refractivity contribution is 0.0368. The molecule has 0 aliphatic carbocycles. The minimum absolute atomic E-state index is 0.0211. The number of aromatic nitrogens is 2. The molecule has 1 saturated heterocycles. The van der Waals surface area contributed by atoms with Gasteiger partial charge in [0.25, 0.3) is 5.91 Å². The lowest BCUT2D eigenvalue weighted by Gasteiger charge is -2.39. The van der Waals surface area contributed by atoms with Crippen molar-refractivity contribution in [2.75, 3.05) is 19.6 Å². The smallest absolute Gasteiger partial charge is 0.342 e. The van der Waals surface area contributed by atoms with Gasteiger partial charge in [-0.3, -0.25) is 4.79 Å². The number of carbonyl (C=O) groups is 2. The number of nitrogens with zero attached hydrogens (tertiary/aromatic N) is 4. The lowest BCUT2D eigenvalue weighted by atomic mass is 10.1. The summed E-state index contributed by atoms with van der Waals surface area (Å²) in [6, 6.07) is 7.76. The molecule has 3 rings (SSSR count). The van der Waals surface area contributed by atoms with Crippen LogP contribution in [0.1, 0.15) is 53.1 Å². The van der Waals surface area contributed by atoms with Crippen LogP contribution in [0.2, 0.25) is 0 Å². The summed E-state index contributed by atoms with van der Waals surface area (Å²) in [5.74, 6) is -0.734. The zero-order chi connectivity index (χ0) is 23.6. The van der Waals surface area contributed by atoms with Gasteiger partial charge < -0.3 is 9.64 Å². The highest BCUT2D eigenvalue weighted by atomic mass is 32.2. The normalized spacial score (nSPS) is 17.4. The first-order chi connectivity index (χ1) is 15.0. The molecule has 32 heavy (non-hydrogen) atoms. The first-order valence-corrected chi connectivity index (χ1v) is 11.9. The van der Waals surface area contributed by atoms with Gasteiger partial charge >= 0.3 is 5.97 Å². The molecule has 2 aromatic rings. The van der Waals surface area contributed by atoms with Crippen molar-refractivity contribution in [2.45, 2.75) is 51.7 Å². The van der Waals surface area contributed by atoms with Crippen LogP contribution in [0.25, 0.3) is 0 Å². The summed E-state index contributed by atoms with van der Waals surface area (Å²) in [4.78, 5) is 36.2. The van der Waals surface area contributed by atoms with E-state index in [0.29, 0.717) is 11.5 Å². The number of amides is 1. The highest BCUT2D eigenvalue weighted by Gasteiger charge is 2.37. The molecule has 1 fully saturated rings. The van der Waals surface area contributed by atoms with Crippen molar-refractivity contribution in [3.63, 3.8) is 0 Å². The third-order valence-electron chi connectivity index (χ3n) is 5.15. The zero-order valence-electron chi connectivity index (χ0n) is 18.9. The number of aryl methyl sites for hydroxylation is 2. The fourth-order valence-electron chi connectivity index (χ4n) is 3.74. The molecule has 10 heteroatoms. The molecule has 1 atom stereocenters. The maximum atomic E-state index is 13.3. The van der Waals surface area contributed by atoms with E-state index in [2.05, 4.69) is 9.97 Å². The molecule has 172 valence electrons. The van der Waals surface area contributed by atoms with Gasteiger partial charge in [0.2, 0.25) is 10.0 Å². The predicted octanol–water partition coefficient (Wildman–Crippen LogP) is 2.19. The van der Waals surface area contributed by atoms with Crippen LogP contribution in [0, 0.1) is 13.8 Å². The molecule has 1 aromatic carbocycles. The van der Waals surface area contributed by atoms with E-state index in [9.17, 15) is 18.0 Å². The van der Waals surface area contributed by atoms with Crippen LogP contribution < -0.4 is 0 Å². The van der Waals surface area contributed by atoms with E-state index in [0.717, 1.165) is 0 Å². The van der Waals surface area contributed by atoms with Crippen molar-refractivity contribution >= 4 is 21.9 Å². The van der Waals surface area contributed by atoms with Gasteiger partial charge in [-0.15, -0.1) is 0 Å². The predicted molar refractivity (Wildman–Crippen MR) is 118 cm³/mol. The fraction of sp³-hybridized carbons (Fsp3) is 0.455. The van der Waals surface area contributed by atoms with Crippen molar-refractivity contribution in [3.8, 4) is 0 Å². The van der Waals surface area contributed by atoms with Gasteiger partial charge in [0.05, 0.1) is 16.7 Å². The molecule has 0 N–H and O–H groups in total. The Kier molecular flexibility index (Phi) is 6.94. The van der Waals surface area contributed by atoms with Crippen LogP contribution in [0.3, 0.4) is 0 Å². The van der Waals surface area contributed by atoms with Gasteiger partial charge in [0.15, 0.2) is 0 Å². The zero-order valence-corrected chi connectivity index (χ0v) is 19.7. The van der Waals surface area contributed by atoms with Gasteiger partial charge in [0, 0.05) is 25.7 Å². The Hall–Kier alpha value is -2.85. The third kappa shape index (κ3) is 4.81. The van der Waals surface area contributed by atoms with E-state index in [1.54, 1.807) is 65.0 Å². The molecular weight excluding hydrogens is 432 g/mol. The van der Waals surface area contributed by atoms with Gasteiger partial charge in [-0.2, -0.15) is 4.31 Å². The quantitative estimate of drug-likeness (QED) is 0.629. The Balaban J connectivity index is 1.86. The van der Waals surface area contributed by atoms with Crippen LogP contribution >= 0.6 is 0 Å². The topological polar surface area (TPSA) is 110 Å². The minimum atomic E-state index is -3.68. The fourth-order valence-corrected chi connectivity index (χ4v) is 5.38. The Morgan fingerprint density at radius 1 is 1.09 bits per heavy atom. The van der Waals surface area contributed by atoms with Crippen molar-refractivity contribution in [1.29, 1.82) is 0 Å². The molecule has 1 aliphatic rings. The molecule has 0 spiro atoms. The Labute approximate surface area is 188 Å². The van der Waals surface area contributed by atoms with Gasteiger partial charge in [-0.1, -0.05) is 18.2 Å². The third-order valence-corrected chi connectivity index (χ3v) is 7.18. The standard InChI is InChI=1S/C22H28N4O5S/c1-14(2)31-22(28)19-16(4)23-17(5)24-20(19)21(27)25-11-12-26(15(3)13-25)32(29,30)18-9-7-6-8-10-18/h6-10,14-15H,11-13H2,1-5H3. The van der Waals surface area contributed by atoms with Gasteiger partial charge in [-0.05, 0) is 46.8 Å². The van der Waals surface area contributed by atoms with Crippen molar-refractivity contribution in [2.24, 2.45) is 0 Å². The number of ether oxygens (including phenoxy) is 1. The molecule has 1 amide bonds. The summed E-state index contributed by atoms with van der Waals surface area (Å²) in [7, 11) is -3.68. The molecule has 1 aromatic heterocycles. The molecule has 1 unspecified atom stereocenters. The molecule has 0 radical (unpaired) electrons. The first kappa shape index (κ1) is 23.8. The second kappa shape index (κ2) is 9.33. The summed E-state index contributed by atoms with van der Waals surface area (Å²) in [5.41, 5.74) is 0.387. The summed E-state index contributed by atoms with van der Waals surface area (Å²) in [5, 5.41) is 0. The number of sulfonamides is 1. The minimum Gasteiger partial charge on any atom is -0.459 e. The number of hydrogen-bond donors (Lipinski definition) is 0. The highest BCUT2D eigenvalue weighted by molar-refractivity contribution is 7.89. The molecule has 9 nitrogen and oxygen atoms in total. The van der Waals surface area contributed by atoms with E-state index in [1.807, 2.05) is 0 Å². The lowest BCUT2D eigenvalue weighted by Crippen LogP contribution is -2.55. The van der Waals surface area contributed by atoms with E-state index >= 15 is 0 Å². The second-order valence-electron chi connectivity index (χ2n) is 8.06. The SMILES string of the molecule is Cc1nc(C)c(C(=O)OC(C)C)c(C(=O)N2CCN(S(=O)(=O)c3ccccc3)C(C)C2)n1. The Bertz CT molecular complexity index is 1120. The van der Waals surface area contributed by atoms with Crippen molar-refractivity contribution in [1.82, 2.24) is 19.2 Å². The van der Waals surface area contributed by atoms with Crippen LogP contribution in [0.4, 0.5) is 0 Å². The van der Waals surface area contributed by atoms with Gasteiger partial charge in [0.1, 0.15) is 17.1 Å². The van der Waals surface area contributed by atoms with Gasteiger partial charge in [-0.25, -0.2) is 23.2 Å². The van der Waals surface area contributed by atoms with Crippen LogP contribution in [0.15, 0.2) is 35.2 Å². The second-order valence-corrected chi connectivity index (χ2v) is 9.95. The van der Waals surface area contributed by atoms with E-state index in [-0.39, 0.29) is 41.9 Å². The molecular formula is C22H28N4O5S. The number of piperazine rings is 1. The monoisotopic (exact) mass is 460 g/mol. The summed E-state index contributed by atoms with van der Waals surface area (Å²) in [6.07, 6.45) is -0.363. The summed E-state index contributed by atoms with van der Waals surface area (Å²) < 4.78 is 32.7. The number of esters is 1. The maximum Gasteiger partial charge on any atom is 0.342 e. The van der Waals surface area contributed by atoms with Crippen LogP contribution in [-0.2, 0) is 14.8 Å². The molecule has 2 heterocycles. The van der Waals surface area contributed by atoms with Crippen molar-refractivity contribution < 1.29 is 22.7 Å². The number of carbonyl (C=O) groups excluding carboxylic acids is 2. The highest BCUT2D eigenvalue weighted by Crippen LogP contribution is 2.23. The average molecular weight is 461 g/mol. The average Bonchev–Trinajstić information content (AvgIpc) is 2.72. The number of benzene rings is 1. The Morgan fingerprint density at radius 2 is 1.75 bits per heavy atom. The van der Waals surface area contributed by atoms with Crippen molar-refractivity contribution in [3.05, 3.63) is 53.1 Å². The van der Waals surface area contributed by atoms with Crippen LogP contribution in [0.5, 0.6) is 0 Å². The molecule has 0 saturated carbocycles. The first-order valence-electron chi connectivity index (χ1n) is 10.4. The number of rotatable bonds is 5. The van der Waals surface area contributed by atoms with Crippen LogP contribution in [-0.4, -0.2) is 71.2 Å². The van der Waals surface area contributed by atoms with E-state index in [1.165, 1.54) is 9.21 Å². The largest absolute Gasteiger partial charge is 0.459 e. The van der Waals surface area contributed by atoms with E-state index in [4.69, 9.17) is 4.74 Å². The number of hydrogen-bond acceptors (Lipinski definition) is 7. The summed E-state index contributed by atoms with van der Waals surface area (Å²) >= 11 is 0. The molecule has 1 aliphatic heterocycles.